The highest BCUT2D eigenvalue weighted by atomic mass is 35.5. The molecule has 0 amide bonds. The fourth-order valence-electron chi connectivity index (χ4n) is 1.95. The predicted molar refractivity (Wildman–Crippen MR) is 71.9 cm³/mol. The number of anilines is 1. The first-order valence-corrected chi connectivity index (χ1v) is 7.48. The highest BCUT2D eigenvalue weighted by Crippen LogP contribution is 2.37. The molecule has 8 heteroatoms. The number of sulfonamides is 1. The van der Waals surface area contributed by atoms with Gasteiger partial charge in [0.2, 0.25) is 5.28 Å². The topological polar surface area (TPSA) is 63.2 Å². The summed E-state index contributed by atoms with van der Waals surface area (Å²) in [6.45, 7) is 0.144. The Labute approximate surface area is 119 Å². The van der Waals surface area contributed by atoms with E-state index in [1.165, 1.54) is 18.3 Å². The van der Waals surface area contributed by atoms with Crippen LogP contribution in [0.2, 0.25) is 10.3 Å². The Morgan fingerprint density at radius 3 is 2.68 bits per heavy atom. The van der Waals surface area contributed by atoms with Crippen molar-refractivity contribution < 1.29 is 8.42 Å². The third-order valence-electron chi connectivity index (χ3n) is 2.81. The molecule has 1 aliphatic rings. The molecule has 0 atom stereocenters. The lowest BCUT2D eigenvalue weighted by Gasteiger charge is -2.15. The van der Waals surface area contributed by atoms with Gasteiger partial charge in [-0.15, -0.1) is 0 Å². The largest absolute Gasteiger partial charge is 0.266 e. The maximum absolute atomic E-state index is 12.4. The number of hydrogen-bond acceptors (Lipinski definition) is 4. The molecule has 0 saturated carbocycles. The molecule has 2 aromatic rings. The summed E-state index contributed by atoms with van der Waals surface area (Å²) in [7, 11) is -3.64. The van der Waals surface area contributed by atoms with Crippen molar-refractivity contribution in [2.75, 3.05) is 4.31 Å². The molecule has 98 valence electrons. The number of fused-ring (bicyclic) bond motifs is 1. The third kappa shape index (κ3) is 1.96. The van der Waals surface area contributed by atoms with E-state index in [1.54, 1.807) is 12.1 Å². The van der Waals surface area contributed by atoms with E-state index >= 15 is 0 Å². The van der Waals surface area contributed by atoms with Gasteiger partial charge in [0.1, 0.15) is 5.82 Å². The lowest BCUT2D eigenvalue weighted by Crippen LogP contribution is -2.24. The van der Waals surface area contributed by atoms with Crippen LogP contribution < -0.4 is 4.31 Å². The summed E-state index contributed by atoms with van der Waals surface area (Å²) in [5.41, 5.74) is 0.568. The van der Waals surface area contributed by atoms with Gasteiger partial charge in [0.15, 0.2) is 0 Å². The second kappa shape index (κ2) is 4.33. The molecule has 2 heterocycles. The highest BCUT2D eigenvalue weighted by molar-refractivity contribution is 7.93. The standard InChI is InChI=1S/C11H7Cl2N3O2S/c12-8-2-1-3-9-7(8)6-16(19(9,17)18)10-4-5-14-11(13)15-10/h1-5H,6H2. The van der Waals surface area contributed by atoms with Crippen molar-refractivity contribution in [3.05, 3.63) is 46.3 Å². The molecule has 19 heavy (non-hydrogen) atoms. The lowest BCUT2D eigenvalue weighted by molar-refractivity contribution is 0.596. The van der Waals surface area contributed by atoms with Gasteiger partial charge in [-0.2, -0.15) is 4.98 Å². The highest BCUT2D eigenvalue weighted by Gasteiger charge is 2.36. The predicted octanol–water partition coefficient (Wildman–Crippen LogP) is 2.49. The van der Waals surface area contributed by atoms with Gasteiger partial charge < -0.3 is 0 Å². The lowest BCUT2D eigenvalue weighted by atomic mass is 10.2. The summed E-state index contributed by atoms with van der Waals surface area (Å²) < 4.78 is 26.0. The van der Waals surface area contributed by atoms with Gasteiger partial charge in [-0.05, 0) is 23.7 Å². The summed E-state index contributed by atoms with van der Waals surface area (Å²) in [6, 6.07) is 6.28. The fraction of sp³-hybridized carbons (Fsp3) is 0.0909. The molecule has 0 aliphatic carbocycles. The summed E-state index contributed by atoms with van der Waals surface area (Å²) in [4.78, 5) is 7.86. The minimum Gasteiger partial charge on any atom is -0.245 e. The van der Waals surface area contributed by atoms with Crippen molar-refractivity contribution in [3.8, 4) is 0 Å². The third-order valence-corrected chi connectivity index (χ3v) is 5.18. The molecular formula is C11H7Cl2N3O2S. The summed E-state index contributed by atoms with van der Waals surface area (Å²) in [5.74, 6) is 0.229. The number of aromatic nitrogens is 2. The van der Waals surface area contributed by atoms with Crippen LogP contribution in [-0.4, -0.2) is 18.4 Å². The van der Waals surface area contributed by atoms with Crippen molar-refractivity contribution in [2.45, 2.75) is 11.4 Å². The van der Waals surface area contributed by atoms with Crippen LogP contribution >= 0.6 is 23.2 Å². The van der Waals surface area contributed by atoms with E-state index in [1.807, 2.05) is 0 Å². The van der Waals surface area contributed by atoms with Gasteiger partial charge >= 0.3 is 0 Å². The molecule has 5 nitrogen and oxygen atoms in total. The van der Waals surface area contributed by atoms with Crippen LogP contribution in [0, 0.1) is 0 Å². The van der Waals surface area contributed by atoms with Crippen LogP contribution in [0.1, 0.15) is 5.56 Å². The zero-order chi connectivity index (χ0) is 13.6. The van der Waals surface area contributed by atoms with E-state index in [9.17, 15) is 8.42 Å². The van der Waals surface area contributed by atoms with Crippen molar-refractivity contribution in [1.29, 1.82) is 0 Å². The molecule has 1 aromatic heterocycles. The quantitative estimate of drug-likeness (QED) is 0.758. The maximum Gasteiger partial charge on any atom is 0.266 e. The Hall–Kier alpha value is -1.37. The Bertz CT molecular complexity index is 764. The average molecular weight is 316 g/mol. The van der Waals surface area contributed by atoms with Crippen molar-refractivity contribution >= 4 is 39.0 Å². The second-order valence-electron chi connectivity index (χ2n) is 3.91. The van der Waals surface area contributed by atoms with Crippen LogP contribution in [0.5, 0.6) is 0 Å². The van der Waals surface area contributed by atoms with Gasteiger partial charge in [-0.1, -0.05) is 17.7 Å². The normalized spacial score (nSPS) is 16.4. The Kier molecular flexibility index (Phi) is 2.88. The van der Waals surface area contributed by atoms with Gasteiger partial charge in [-0.25, -0.2) is 17.7 Å². The van der Waals surface area contributed by atoms with Crippen LogP contribution in [0.25, 0.3) is 0 Å². The molecule has 0 spiro atoms. The number of nitrogens with zero attached hydrogens (tertiary/aromatic N) is 3. The SMILES string of the molecule is O=S1(=O)c2cccc(Cl)c2CN1c1ccnc(Cl)n1. The summed E-state index contributed by atoms with van der Waals surface area (Å²) in [6.07, 6.45) is 1.41. The Morgan fingerprint density at radius 1 is 1.21 bits per heavy atom. The monoisotopic (exact) mass is 315 g/mol. The molecule has 0 saturated heterocycles. The van der Waals surface area contributed by atoms with E-state index in [-0.39, 0.29) is 22.5 Å². The Balaban J connectivity index is 2.16. The molecule has 0 fully saturated rings. The average Bonchev–Trinajstić information content (AvgIpc) is 2.63. The number of benzene rings is 1. The van der Waals surface area contributed by atoms with Crippen molar-refractivity contribution in [3.63, 3.8) is 0 Å². The number of hydrogen-bond donors (Lipinski definition) is 0. The van der Waals surface area contributed by atoms with Crippen LogP contribution in [0.15, 0.2) is 35.4 Å². The maximum atomic E-state index is 12.4. The number of rotatable bonds is 1. The van der Waals surface area contributed by atoms with Crippen molar-refractivity contribution in [1.82, 2.24) is 9.97 Å². The minimum atomic E-state index is -3.64. The van der Waals surface area contributed by atoms with Crippen LogP contribution in [-0.2, 0) is 16.6 Å². The first-order valence-electron chi connectivity index (χ1n) is 5.29. The molecule has 1 aliphatic heterocycles. The zero-order valence-corrected chi connectivity index (χ0v) is 11.7. The van der Waals surface area contributed by atoms with E-state index in [0.717, 1.165) is 4.31 Å². The van der Waals surface area contributed by atoms with E-state index in [2.05, 4.69) is 9.97 Å². The summed E-state index contributed by atoms with van der Waals surface area (Å²) >= 11 is 11.7. The molecular weight excluding hydrogens is 309 g/mol. The van der Waals surface area contributed by atoms with E-state index in [0.29, 0.717) is 10.6 Å². The zero-order valence-electron chi connectivity index (χ0n) is 9.42. The smallest absolute Gasteiger partial charge is 0.245 e. The van der Waals surface area contributed by atoms with Gasteiger partial charge in [-0.3, -0.25) is 0 Å². The Morgan fingerprint density at radius 2 is 2.00 bits per heavy atom. The molecule has 0 radical (unpaired) electrons. The first-order chi connectivity index (χ1) is 9.00. The molecule has 0 bridgehead atoms. The molecule has 3 rings (SSSR count). The van der Waals surface area contributed by atoms with Crippen LogP contribution in [0.4, 0.5) is 5.82 Å². The van der Waals surface area contributed by atoms with Crippen molar-refractivity contribution in [2.24, 2.45) is 0 Å². The van der Waals surface area contributed by atoms with Gasteiger partial charge in [0.05, 0.1) is 11.4 Å². The van der Waals surface area contributed by atoms with Crippen LogP contribution in [0.3, 0.4) is 0 Å². The van der Waals surface area contributed by atoms with E-state index < -0.39 is 10.0 Å². The minimum absolute atomic E-state index is 0.00486. The molecule has 0 N–H and O–H groups in total. The first kappa shape index (κ1) is 12.7. The summed E-state index contributed by atoms with van der Waals surface area (Å²) in [5, 5.41) is 0.415. The second-order valence-corrected chi connectivity index (χ2v) is 6.49. The fourth-order valence-corrected chi connectivity index (χ4v) is 4.00. The number of halogens is 2. The molecule has 1 aromatic carbocycles. The van der Waals surface area contributed by atoms with Gasteiger partial charge in [0, 0.05) is 22.8 Å². The van der Waals surface area contributed by atoms with E-state index in [4.69, 9.17) is 23.2 Å². The van der Waals surface area contributed by atoms with Gasteiger partial charge in [0.25, 0.3) is 10.0 Å². The molecule has 0 unspecified atom stereocenters.